The van der Waals surface area contributed by atoms with E-state index in [2.05, 4.69) is 41.2 Å². The number of ether oxygens (including phenoxy) is 1. The monoisotopic (exact) mass is 395 g/mol. The van der Waals surface area contributed by atoms with Crippen LogP contribution in [0.4, 0.5) is 0 Å². The van der Waals surface area contributed by atoms with E-state index in [-0.39, 0.29) is 5.44 Å². The molecular formula is C22H41N3OS. The topological polar surface area (TPSA) is 19.0 Å². The lowest BCUT2D eigenvalue weighted by Crippen LogP contribution is -2.59. The third-order valence-corrected chi connectivity index (χ3v) is 8.15. The predicted octanol–water partition coefficient (Wildman–Crippen LogP) is 3.33. The zero-order valence-corrected chi connectivity index (χ0v) is 18.7. The van der Waals surface area contributed by atoms with Crippen LogP contribution in [0.3, 0.4) is 0 Å². The molecule has 0 aromatic rings. The summed E-state index contributed by atoms with van der Waals surface area (Å²) in [4.78, 5) is 8.17. The molecule has 2 aliphatic carbocycles. The van der Waals surface area contributed by atoms with E-state index >= 15 is 0 Å². The lowest BCUT2D eigenvalue weighted by molar-refractivity contribution is -0.0613. The van der Waals surface area contributed by atoms with Crippen LogP contribution in [0.25, 0.3) is 0 Å². The molecule has 2 saturated carbocycles. The van der Waals surface area contributed by atoms with Gasteiger partial charge in [0.2, 0.25) is 0 Å². The fourth-order valence-electron chi connectivity index (χ4n) is 5.71. The second kappa shape index (κ2) is 8.14. The van der Waals surface area contributed by atoms with Gasteiger partial charge in [-0.1, -0.05) is 0 Å². The molecule has 4 rings (SSSR count). The summed E-state index contributed by atoms with van der Waals surface area (Å²) in [6, 6.07) is 1.59. The number of likely N-dealkylation sites (tertiary alicyclic amines) is 1. The highest BCUT2D eigenvalue weighted by molar-refractivity contribution is 7.80. The maximum atomic E-state index is 5.82. The number of rotatable bonds is 7. The van der Waals surface area contributed by atoms with Gasteiger partial charge in [0.05, 0.1) is 12.0 Å². The summed E-state index contributed by atoms with van der Waals surface area (Å²) in [6.07, 6.45) is 8.48. The zero-order chi connectivity index (χ0) is 19.1. The van der Waals surface area contributed by atoms with E-state index in [0.717, 1.165) is 12.6 Å². The van der Waals surface area contributed by atoms with Crippen molar-refractivity contribution in [2.24, 2.45) is 10.8 Å². The van der Waals surface area contributed by atoms with E-state index in [1.807, 2.05) is 6.92 Å². The van der Waals surface area contributed by atoms with Gasteiger partial charge in [0.25, 0.3) is 0 Å². The first-order valence-corrected chi connectivity index (χ1v) is 11.9. The number of thiol groups is 1. The van der Waals surface area contributed by atoms with Gasteiger partial charge < -0.3 is 9.64 Å². The van der Waals surface area contributed by atoms with Crippen molar-refractivity contribution in [3.8, 4) is 0 Å². The first kappa shape index (κ1) is 20.5. The maximum absolute atomic E-state index is 5.82. The highest BCUT2D eigenvalue weighted by Crippen LogP contribution is 2.52. The molecule has 0 radical (unpaired) electrons. The number of piperidine rings is 1. The molecule has 0 amide bonds. The minimum Gasteiger partial charge on any atom is -0.368 e. The van der Waals surface area contributed by atoms with E-state index in [9.17, 15) is 0 Å². The molecule has 2 heterocycles. The molecular weight excluding hydrogens is 354 g/mol. The highest BCUT2D eigenvalue weighted by Gasteiger charge is 2.50. The molecule has 1 unspecified atom stereocenters. The zero-order valence-electron chi connectivity index (χ0n) is 17.8. The Labute approximate surface area is 172 Å². The summed E-state index contributed by atoms with van der Waals surface area (Å²) >= 11 is 4.37. The summed E-state index contributed by atoms with van der Waals surface area (Å²) in [5.41, 5.74) is 1.21. The molecule has 27 heavy (non-hydrogen) atoms. The molecule has 156 valence electrons. The average Bonchev–Trinajstić information content (AvgIpc) is 3.39. The standard InChI is InChI=1S/C22H41N3OS/c1-18(2)24-10-12-25(13-11-24)20-14-21(15-20)6-8-23(9-7-21)16-22(4-5-22)17-26-19(3)27/h18-20,27H,4-17H2,1-3H3. The van der Waals surface area contributed by atoms with Gasteiger partial charge in [-0.25, -0.2) is 0 Å². The van der Waals surface area contributed by atoms with Crippen LogP contribution in [0.1, 0.15) is 59.3 Å². The molecule has 5 heteroatoms. The molecule has 0 aromatic heterocycles. The van der Waals surface area contributed by atoms with Crippen LogP contribution >= 0.6 is 12.6 Å². The van der Waals surface area contributed by atoms with Crippen molar-refractivity contribution in [3.05, 3.63) is 0 Å². The Kier molecular flexibility index (Phi) is 6.17. The van der Waals surface area contributed by atoms with E-state index in [0.29, 0.717) is 16.9 Å². The molecule has 4 fully saturated rings. The first-order valence-electron chi connectivity index (χ1n) is 11.4. The van der Waals surface area contributed by atoms with Gasteiger partial charge in [-0.05, 0) is 77.8 Å². The van der Waals surface area contributed by atoms with Crippen LogP contribution in [0.2, 0.25) is 0 Å². The fraction of sp³-hybridized carbons (Fsp3) is 1.00. The molecule has 4 aliphatic rings. The summed E-state index contributed by atoms with van der Waals surface area (Å²) < 4.78 is 5.82. The Morgan fingerprint density at radius 1 is 0.926 bits per heavy atom. The Morgan fingerprint density at radius 3 is 2.07 bits per heavy atom. The van der Waals surface area contributed by atoms with Crippen LogP contribution in [0, 0.1) is 10.8 Å². The van der Waals surface area contributed by atoms with Crippen LogP contribution in [-0.2, 0) is 4.74 Å². The third kappa shape index (κ3) is 4.85. The van der Waals surface area contributed by atoms with Gasteiger partial charge in [-0.15, -0.1) is 12.6 Å². The Hall–Kier alpha value is 0.190. The normalized spacial score (nSPS) is 30.6. The van der Waals surface area contributed by atoms with Crippen molar-refractivity contribution >= 4 is 12.6 Å². The quantitative estimate of drug-likeness (QED) is 0.526. The molecule has 1 atom stereocenters. The summed E-state index contributed by atoms with van der Waals surface area (Å²) in [6.45, 7) is 16.6. The second-order valence-corrected chi connectivity index (χ2v) is 11.1. The highest BCUT2D eigenvalue weighted by atomic mass is 32.1. The van der Waals surface area contributed by atoms with Crippen LogP contribution < -0.4 is 0 Å². The van der Waals surface area contributed by atoms with Crippen molar-refractivity contribution in [3.63, 3.8) is 0 Å². The van der Waals surface area contributed by atoms with E-state index in [1.54, 1.807) is 0 Å². The third-order valence-electron chi connectivity index (χ3n) is 8.00. The molecule has 4 nitrogen and oxygen atoms in total. The molecule has 0 N–H and O–H groups in total. The lowest BCUT2D eigenvalue weighted by atomic mass is 9.60. The van der Waals surface area contributed by atoms with Gasteiger partial charge in [0, 0.05) is 50.2 Å². The van der Waals surface area contributed by atoms with Gasteiger partial charge in [0.15, 0.2) is 0 Å². The maximum Gasteiger partial charge on any atom is 0.0971 e. The molecule has 2 aliphatic heterocycles. The van der Waals surface area contributed by atoms with Crippen molar-refractivity contribution in [1.29, 1.82) is 0 Å². The molecule has 0 bridgehead atoms. The van der Waals surface area contributed by atoms with Crippen molar-refractivity contribution in [2.75, 3.05) is 52.4 Å². The largest absolute Gasteiger partial charge is 0.368 e. The van der Waals surface area contributed by atoms with E-state index in [4.69, 9.17) is 4.74 Å². The fourth-order valence-corrected chi connectivity index (χ4v) is 5.78. The van der Waals surface area contributed by atoms with Crippen molar-refractivity contribution in [1.82, 2.24) is 14.7 Å². The number of nitrogens with zero attached hydrogens (tertiary/aromatic N) is 3. The number of hydrogen-bond donors (Lipinski definition) is 1. The van der Waals surface area contributed by atoms with Crippen LogP contribution in [0.5, 0.6) is 0 Å². The lowest BCUT2D eigenvalue weighted by Gasteiger charge is -2.56. The molecule has 2 saturated heterocycles. The Bertz CT molecular complexity index is 484. The van der Waals surface area contributed by atoms with Crippen molar-refractivity contribution < 1.29 is 4.74 Å². The van der Waals surface area contributed by atoms with Gasteiger partial charge in [0.1, 0.15) is 0 Å². The van der Waals surface area contributed by atoms with Gasteiger partial charge >= 0.3 is 0 Å². The SMILES string of the molecule is CC(S)OCC1(CN2CCC3(CC2)CC(N2CCN(C(C)C)CC2)C3)CC1. The second-order valence-electron chi connectivity index (χ2n) is 10.4. The average molecular weight is 396 g/mol. The van der Waals surface area contributed by atoms with Crippen LogP contribution in [-0.4, -0.2) is 84.6 Å². The Balaban J connectivity index is 1.17. The summed E-state index contributed by atoms with van der Waals surface area (Å²) in [5.74, 6) is 0. The summed E-state index contributed by atoms with van der Waals surface area (Å²) in [5, 5.41) is 0. The number of piperazine rings is 1. The minimum atomic E-state index is 0.0708. The Morgan fingerprint density at radius 2 is 1.56 bits per heavy atom. The van der Waals surface area contributed by atoms with E-state index in [1.165, 1.54) is 84.3 Å². The summed E-state index contributed by atoms with van der Waals surface area (Å²) in [7, 11) is 0. The smallest absolute Gasteiger partial charge is 0.0971 e. The first-order chi connectivity index (χ1) is 12.9. The van der Waals surface area contributed by atoms with Gasteiger partial charge in [-0.2, -0.15) is 0 Å². The predicted molar refractivity (Wildman–Crippen MR) is 115 cm³/mol. The minimum absolute atomic E-state index is 0.0708. The van der Waals surface area contributed by atoms with Crippen molar-refractivity contribution in [2.45, 2.75) is 76.8 Å². The number of hydrogen-bond acceptors (Lipinski definition) is 5. The van der Waals surface area contributed by atoms with Crippen LogP contribution in [0.15, 0.2) is 0 Å². The molecule has 0 aromatic carbocycles. The van der Waals surface area contributed by atoms with Gasteiger partial charge in [-0.3, -0.25) is 9.80 Å². The van der Waals surface area contributed by atoms with E-state index < -0.39 is 0 Å². The molecule has 1 spiro atoms.